The number of fused-ring (bicyclic) bond motifs is 3. The molecule has 0 fully saturated rings. The van der Waals surface area contributed by atoms with Crippen LogP contribution in [-0.2, 0) is 5.41 Å². The van der Waals surface area contributed by atoms with E-state index in [1.165, 1.54) is 39.1 Å². The lowest BCUT2D eigenvalue weighted by Crippen LogP contribution is -2.16. The topological polar surface area (TPSA) is 3.24 Å². The van der Waals surface area contributed by atoms with E-state index in [9.17, 15) is 0 Å². The molecule has 1 aliphatic carbocycles. The van der Waals surface area contributed by atoms with Crippen LogP contribution in [0.5, 0.6) is 0 Å². The molecule has 35 heavy (non-hydrogen) atoms. The second-order valence-electron chi connectivity index (χ2n) is 9.60. The van der Waals surface area contributed by atoms with E-state index in [2.05, 4.69) is 156 Å². The molecule has 1 aliphatic rings. The second kappa shape index (κ2) is 8.55. The van der Waals surface area contributed by atoms with Crippen molar-refractivity contribution in [2.45, 2.75) is 19.3 Å². The highest BCUT2D eigenvalue weighted by molar-refractivity contribution is 9.10. The van der Waals surface area contributed by atoms with Gasteiger partial charge in [-0.2, -0.15) is 0 Å². The Labute approximate surface area is 215 Å². The number of hydrogen-bond acceptors (Lipinski definition) is 1. The molecule has 0 aliphatic heterocycles. The van der Waals surface area contributed by atoms with E-state index < -0.39 is 0 Å². The Balaban J connectivity index is 1.56. The van der Waals surface area contributed by atoms with Gasteiger partial charge in [-0.25, -0.2) is 0 Å². The number of para-hydroxylation sites is 2. The fourth-order valence-electron chi connectivity index (χ4n) is 5.38. The number of halogens is 1. The van der Waals surface area contributed by atoms with Crippen LogP contribution in [0, 0.1) is 0 Å². The first-order chi connectivity index (χ1) is 17.0. The van der Waals surface area contributed by atoms with E-state index in [1.54, 1.807) is 0 Å². The highest BCUT2D eigenvalue weighted by Crippen LogP contribution is 2.51. The Morgan fingerprint density at radius 2 is 1.17 bits per heavy atom. The number of nitrogens with zero attached hydrogens (tertiary/aromatic N) is 1. The fraction of sp³-hybridized carbons (Fsp3) is 0.0909. The highest BCUT2D eigenvalue weighted by Gasteiger charge is 2.35. The third kappa shape index (κ3) is 3.69. The maximum Gasteiger partial charge on any atom is 0.0540 e. The van der Waals surface area contributed by atoms with Gasteiger partial charge in [-0.1, -0.05) is 109 Å². The normalized spacial score (nSPS) is 13.2. The molecule has 0 radical (unpaired) electrons. The van der Waals surface area contributed by atoms with Crippen molar-refractivity contribution >= 4 is 33.0 Å². The second-order valence-corrected chi connectivity index (χ2v) is 10.5. The third-order valence-corrected chi connectivity index (χ3v) is 7.67. The summed E-state index contributed by atoms with van der Waals surface area (Å²) in [5.74, 6) is 0. The van der Waals surface area contributed by atoms with Gasteiger partial charge in [0.1, 0.15) is 0 Å². The molecule has 0 heterocycles. The predicted octanol–water partition coefficient (Wildman–Crippen LogP) is 9.89. The lowest BCUT2D eigenvalue weighted by molar-refractivity contribution is 0.660. The largest absolute Gasteiger partial charge is 0.310 e. The maximum atomic E-state index is 3.58. The fourth-order valence-corrected chi connectivity index (χ4v) is 5.64. The summed E-state index contributed by atoms with van der Waals surface area (Å²) in [4.78, 5) is 2.39. The monoisotopic (exact) mass is 515 g/mol. The SMILES string of the molecule is CC1(C)c2ccccc2-c2ccc(N(c3ccccc3)c3ccccc3-c3ccc(Br)cc3)cc21. The first-order valence-electron chi connectivity index (χ1n) is 12.0. The Bertz CT molecular complexity index is 1520. The zero-order valence-electron chi connectivity index (χ0n) is 19.9. The van der Waals surface area contributed by atoms with Gasteiger partial charge in [0, 0.05) is 26.8 Å². The molecule has 0 unspecified atom stereocenters. The standard InChI is InChI=1S/C33H26BrN/c1-33(2)30-14-8-6-13-28(30)29-21-20-26(22-31(29)33)35(25-10-4-3-5-11-25)32-15-9-7-12-27(32)23-16-18-24(34)19-17-23/h3-22H,1-2H3. The predicted molar refractivity (Wildman–Crippen MR) is 152 cm³/mol. The minimum atomic E-state index is -0.0461. The van der Waals surface area contributed by atoms with Gasteiger partial charge in [-0.3, -0.25) is 0 Å². The first kappa shape index (κ1) is 21.9. The number of rotatable bonds is 4. The van der Waals surface area contributed by atoms with E-state index in [0.717, 1.165) is 15.8 Å². The van der Waals surface area contributed by atoms with E-state index in [0.29, 0.717) is 0 Å². The summed E-state index contributed by atoms with van der Waals surface area (Å²) < 4.78 is 1.08. The Morgan fingerprint density at radius 1 is 0.543 bits per heavy atom. The summed E-state index contributed by atoms with van der Waals surface area (Å²) in [7, 11) is 0. The van der Waals surface area contributed by atoms with Crippen LogP contribution in [0.3, 0.4) is 0 Å². The van der Waals surface area contributed by atoms with Gasteiger partial charge in [-0.15, -0.1) is 0 Å². The Morgan fingerprint density at radius 3 is 1.94 bits per heavy atom. The van der Waals surface area contributed by atoms with Crippen molar-refractivity contribution in [2.24, 2.45) is 0 Å². The molecule has 0 aromatic heterocycles. The Hall–Kier alpha value is -3.62. The van der Waals surface area contributed by atoms with Gasteiger partial charge < -0.3 is 4.90 Å². The van der Waals surface area contributed by atoms with Gasteiger partial charge in [0.2, 0.25) is 0 Å². The zero-order chi connectivity index (χ0) is 24.0. The van der Waals surface area contributed by atoms with E-state index in [-0.39, 0.29) is 5.41 Å². The van der Waals surface area contributed by atoms with Crippen molar-refractivity contribution in [1.82, 2.24) is 0 Å². The summed E-state index contributed by atoms with van der Waals surface area (Å²) in [5.41, 5.74) is 11.3. The molecule has 0 saturated carbocycles. The molecule has 0 atom stereocenters. The molecule has 2 heteroatoms. The first-order valence-corrected chi connectivity index (χ1v) is 12.8. The lowest BCUT2D eigenvalue weighted by Gasteiger charge is -2.29. The minimum Gasteiger partial charge on any atom is -0.310 e. The minimum absolute atomic E-state index is 0.0461. The molecular weight excluding hydrogens is 490 g/mol. The molecule has 0 amide bonds. The van der Waals surface area contributed by atoms with Crippen molar-refractivity contribution in [2.75, 3.05) is 4.90 Å². The van der Waals surface area contributed by atoms with Crippen LogP contribution in [0.4, 0.5) is 17.1 Å². The van der Waals surface area contributed by atoms with Gasteiger partial charge in [0.15, 0.2) is 0 Å². The molecule has 5 aromatic rings. The van der Waals surface area contributed by atoms with Crippen LogP contribution in [0.1, 0.15) is 25.0 Å². The van der Waals surface area contributed by atoms with Gasteiger partial charge in [-0.05, 0) is 70.3 Å². The van der Waals surface area contributed by atoms with Crippen molar-refractivity contribution in [3.63, 3.8) is 0 Å². The third-order valence-electron chi connectivity index (χ3n) is 7.14. The number of hydrogen-bond donors (Lipinski definition) is 0. The molecular formula is C33H26BrN. The molecule has 5 aromatic carbocycles. The molecule has 6 rings (SSSR count). The lowest BCUT2D eigenvalue weighted by atomic mass is 9.82. The Kier molecular flexibility index (Phi) is 5.35. The summed E-state index contributed by atoms with van der Waals surface area (Å²) in [6.07, 6.45) is 0. The molecule has 0 N–H and O–H groups in total. The molecule has 0 saturated heterocycles. The van der Waals surface area contributed by atoms with E-state index in [4.69, 9.17) is 0 Å². The maximum absolute atomic E-state index is 3.58. The molecule has 1 nitrogen and oxygen atoms in total. The highest BCUT2D eigenvalue weighted by atomic mass is 79.9. The average molecular weight is 516 g/mol. The van der Waals surface area contributed by atoms with E-state index in [1.807, 2.05) is 0 Å². The van der Waals surface area contributed by atoms with Gasteiger partial charge >= 0.3 is 0 Å². The number of anilines is 3. The van der Waals surface area contributed by atoms with Crippen LogP contribution in [0.15, 0.2) is 126 Å². The average Bonchev–Trinajstić information content (AvgIpc) is 3.12. The van der Waals surface area contributed by atoms with Crippen LogP contribution in [0.2, 0.25) is 0 Å². The summed E-state index contributed by atoms with van der Waals surface area (Å²) in [6, 6.07) is 43.7. The summed E-state index contributed by atoms with van der Waals surface area (Å²) >= 11 is 3.58. The van der Waals surface area contributed by atoms with Gasteiger partial charge in [0.25, 0.3) is 0 Å². The summed E-state index contributed by atoms with van der Waals surface area (Å²) in [6.45, 7) is 4.67. The van der Waals surface area contributed by atoms with E-state index >= 15 is 0 Å². The van der Waals surface area contributed by atoms with Crippen LogP contribution in [0.25, 0.3) is 22.3 Å². The smallest absolute Gasteiger partial charge is 0.0540 e. The number of benzene rings is 5. The quantitative estimate of drug-likeness (QED) is 0.230. The summed E-state index contributed by atoms with van der Waals surface area (Å²) in [5, 5.41) is 0. The molecule has 0 bridgehead atoms. The van der Waals surface area contributed by atoms with Crippen molar-refractivity contribution in [3.8, 4) is 22.3 Å². The van der Waals surface area contributed by atoms with Gasteiger partial charge in [0.05, 0.1) is 5.69 Å². The zero-order valence-corrected chi connectivity index (χ0v) is 21.5. The van der Waals surface area contributed by atoms with Crippen molar-refractivity contribution < 1.29 is 0 Å². The van der Waals surface area contributed by atoms with Crippen LogP contribution >= 0.6 is 15.9 Å². The van der Waals surface area contributed by atoms with Crippen LogP contribution in [-0.4, -0.2) is 0 Å². The molecule has 0 spiro atoms. The molecule has 170 valence electrons. The van der Waals surface area contributed by atoms with Crippen molar-refractivity contribution in [1.29, 1.82) is 0 Å². The van der Waals surface area contributed by atoms with Crippen molar-refractivity contribution in [3.05, 3.63) is 137 Å². The van der Waals surface area contributed by atoms with Crippen LogP contribution < -0.4 is 4.90 Å².